The topological polar surface area (TPSA) is 24.9 Å². The summed E-state index contributed by atoms with van der Waals surface area (Å²) in [6.07, 6.45) is 4.22. The van der Waals surface area contributed by atoms with Gasteiger partial charge in [0.15, 0.2) is 0 Å². The van der Waals surface area contributed by atoms with Gasteiger partial charge in [-0.05, 0) is 24.0 Å². The molecule has 1 aromatic rings. The molecule has 1 heterocycles. The molecular weight excluding hydrogens is 244 g/mol. The SMILES string of the molecule is CCCC(C)C#Cc1ccc(CNCC(C)(C)C)nc1. The maximum absolute atomic E-state index is 4.46. The minimum absolute atomic E-state index is 0.306. The summed E-state index contributed by atoms with van der Waals surface area (Å²) in [5.74, 6) is 6.95. The van der Waals surface area contributed by atoms with Crippen LogP contribution >= 0.6 is 0 Å². The van der Waals surface area contributed by atoms with E-state index in [9.17, 15) is 0 Å². The molecule has 2 nitrogen and oxygen atoms in total. The van der Waals surface area contributed by atoms with Gasteiger partial charge < -0.3 is 5.32 Å². The summed E-state index contributed by atoms with van der Waals surface area (Å²) >= 11 is 0. The standard InChI is InChI=1S/C18H28N2/c1-6-7-15(2)8-9-16-10-11-17(20-12-16)13-19-14-18(3,4)5/h10-12,15,19H,6-7,13-14H2,1-5H3. The molecule has 1 atom stereocenters. The van der Waals surface area contributed by atoms with Crippen LogP contribution in [0.5, 0.6) is 0 Å². The molecular formula is C18H28N2. The van der Waals surface area contributed by atoms with Gasteiger partial charge in [0, 0.05) is 30.8 Å². The van der Waals surface area contributed by atoms with Crippen LogP contribution in [0.25, 0.3) is 0 Å². The monoisotopic (exact) mass is 272 g/mol. The highest BCUT2D eigenvalue weighted by atomic mass is 14.9. The highest BCUT2D eigenvalue weighted by molar-refractivity contribution is 5.32. The largest absolute Gasteiger partial charge is 0.311 e. The normalized spacial score (nSPS) is 12.7. The molecule has 0 saturated heterocycles. The predicted molar refractivity (Wildman–Crippen MR) is 86.3 cm³/mol. The van der Waals surface area contributed by atoms with E-state index in [1.165, 1.54) is 6.42 Å². The Bertz CT molecular complexity index is 443. The minimum Gasteiger partial charge on any atom is -0.311 e. The molecule has 1 aromatic heterocycles. The van der Waals surface area contributed by atoms with Crippen molar-refractivity contribution >= 4 is 0 Å². The third-order valence-electron chi connectivity index (χ3n) is 2.97. The Morgan fingerprint density at radius 2 is 2.05 bits per heavy atom. The van der Waals surface area contributed by atoms with E-state index in [2.05, 4.69) is 68.9 Å². The summed E-state index contributed by atoms with van der Waals surface area (Å²) in [5.41, 5.74) is 2.38. The van der Waals surface area contributed by atoms with Crippen LogP contribution in [-0.2, 0) is 6.54 Å². The molecule has 0 amide bonds. The van der Waals surface area contributed by atoms with Crippen molar-refractivity contribution in [3.63, 3.8) is 0 Å². The molecule has 2 heteroatoms. The first-order valence-corrected chi connectivity index (χ1v) is 7.58. The molecule has 0 bridgehead atoms. The molecule has 0 aliphatic heterocycles. The number of nitrogens with zero attached hydrogens (tertiary/aromatic N) is 1. The van der Waals surface area contributed by atoms with E-state index < -0.39 is 0 Å². The van der Waals surface area contributed by atoms with Crippen LogP contribution in [0.3, 0.4) is 0 Å². The van der Waals surface area contributed by atoms with Crippen LogP contribution in [-0.4, -0.2) is 11.5 Å². The maximum Gasteiger partial charge on any atom is 0.0542 e. The Labute approximate surface area is 124 Å². The van der Waals surface area contributed by atoms with E-state index in [0.29, 0.717) is 11.3 Å². The van der Waals surface area contributed by atoms with Gasteiger partial charge in [0.25, 0.3) is 0 Å². The number of nitrogens with one attached hydrogen (secondary N) is 1. The Morgan fingerprint density at radius 3 is 2.60 bits per heavy atom. The van der Waals surface area contributed by atoms with E-state index >= 15 is 0 Å². The number of hydrogen-bond acceptors (Lipinski definition) is 2. The zero-order chi connectivity index (χ0) is 15.0. The van der Waals surface area contributed by atoms with Crippen molar-refractivity contribution in [2.75, 3.05) is 6.54 Å². The highest BCUT2D eigenvalue weighted by Gasteiger charge is 2.08. The average Bonchev–Trinajstić information content (AvgIpc) is 2.37. The molecule has 1 rings (SSSR count). The van der Waals surface area contributed by atoms with Crippen LogP contribution < -0.4 is 5.32 Å². The fourth-order valence-corrected chi connectivity index (χ4v) is 1.88. The summed E-state index contributed by atoms with van der Waals surface area (Å²) in [7, 11) is 0. The van der Waals surface area contributed by atoms with E-state index in [0.717, 1.165) is 30.8 Å². The molecule has 0 aliphatic carbocycles. The van der Waals surface area contributed by atoms with Crippen LogP contribution in [0.2, 0.25) is 0 Å². The van der Waals surface area contributed by atoms with E-state index in [1.807, 2.05) is 6.20 Å². The maximum atomic E-state index is 4.46. The van der Waals surface area contributed by atoms with Crippen molar-refractivity contribution in [2.24, 2.45) is 11.3 Å². The first-order valence-electron chi connectivity index (χ1n) is 7.58. The molecule has 0 aliphatic rings. The van der Waals surface area contributed by atoms with Crippen LogP contribution in [0.1, 0.15) is 58.7 Å². The molecule has 1 unspecified atom stereocenters. The second kappa shape index (κ2) is 8.07. The summed E-state index contributed by atoms with van der Waals surface area (Å²) in [6, 6.07) is 4.12. The lowest BCUT2D eigenvalue weighted by molar-refractivity contribution is 0.378. The van der Waals surface area contributed by atoms with E-state index in [1.54, 1.807) is 0 Å². The number of aromatic nitrogens is 1. The second-order valence-corrected chi connectivity index (χ2v) is 6.66. The lowest BCUT2D eigenvalue weighted by atomic mass is 9.97. The third kappa shape index (κ3) is 7.31. The molecule has 0 saturated carbocycles. The quantitative estimate of drug-likeness (QED) is 0.819. The minimum atomic E-state index is 0.306. The van der Waals surface area contributed by atoms with Crippen molar-refractivity contribution in [3.8, 4) is 11.8 Å². The summed E-state index contributed by atoms with van der Waals surface area (Å²) in [5, 5.41) is 3.43. The fraction of sp³-hybridized carbons (Fsp3) is 0.611. The van der Waals surface area contributed by atoms with Crippen LogP contribution in [0.15, 0.2) is 18.3 Å². The smallest absolute Gasteiger partial charge is 0.0542 e. The average molecular weight is 272 g/mol. The lowest BCUT2D eigenvalue weighted by Crippen LogP contribution is -2.26. The first-order chi connectivity index (χ1) is 9.40. The lowest BCUT2D eigenvalue weighted by Gasteiger charge is -2.18. The summed E-state index contributed by atoms with van der Waals surface area (Å²) in [4.78, 5) is 4.46. The van der Waals surface area contributed by atoms with Crippen molar-refractivity contribution in [1.82, 2.24) is 10.3 Å². The van der Waals surface area contributed by atoms with Gasteiger partial charge in [-0.2, -0.15) is 0 Å². The number of pyridine rings is 1. The van der Waals surface area contributed by atoms with Gasteiger partial charge in [-0.15, -0.1) is 0 Å². The zero-order valence-corrected chi connectivity index (χ0v) is 13.6. The number of rotatable bonds is 5. The molecule has 0 radical (unpaired) electrons. The summed E-state index contributed by atoms with van der Waals surface area (Å²) in [6.45, 7) is 12.9. The van der Waals surface area contributed by atoms with Crippen molar-refractivity contribution < 1.29 is 0 Å². The second-order valence-electron chi connectivity index (χ2n) is 6.66. The third-order valence-corrected chi connectivity index (χ3v) is 2.97. The number of hydrogen-bond donors (Lipinski definition) is 1. The van der Waals surface area contributed by atoms with Crippen molar-refractivity contribution in [1.29, 1.82) is 0 Å². The van der Waals surface area contributed by atoms with Gasteiger partial charge in [-0.25, -0.2) is 0 Å². The van der Waals surface area contributed by atoms with Crippen LogP contribution in [0.4, 0.5) is 0 Å². The Morgan fingerprint density at radius 1 is 1.30 bits per heavy atom. The highest BCUT2D eigenvalue weighted by Crippen LogP contribution is 2.10. The van der Waals surface area contributed by atoms with E-state index in [-0.39, 0.29) is 0 Å². The Hall–Kier alpha value is -1.33. The van der Waals surface area contributed by atoms with Crippen molar-refractivity contribution in [3.05, 3.63) is 29.6 Å². The molecule has 1 N–H and O–H groups in total. The first kappa shape index (κ1) is 16.7. The molecule has 110 valence electrons. The van der Waals surface area contributed by atoms with Crippen molar-refractivity contribution in [2.45, 2.75) is 54.0 Å². The molecule has 0 aromatic carbocycles. The van der Waals surface area contributed by atoms with Crippen LogP contribution in [0, 0.1) is 23.2 Å². The van der Waals surface area contributed by atoms with E-state index in [4.69, 9.17) is 0 Å². The van der Waals surface area contributed by atoms with Gasteiger partial charge >= 0.3 is 0 Å². The zero-order valence-electron chi connectivity index (χ0n) is 13.6. The molecule has 20 heavy (non-hydrogen) atoms. The Balaban J connectivity index is 2.48. The summed E-state index contributed by atoms with van der Waals surface area (Å²) < 4.78 is 0. The predicted octanol–water partition coefficient (Wildman–Crippen LogP) is 4.01. The van der Waals surface area contributed by atoms with Gasteiger partial charge in [-0.1, -0.05) is 52.9 Å². The fourth-order valence-electron chi connectivity index (χ4n) is 1.88. The van der Waals surface area contributed by atoms with Gasteiger partial charge in [-0.3, -0.25) is 4.98 Å². The Kier molecular flexibility index (Phi) is 6.75. The molecule has 0 spiro atoms. The van der Waals surface area contributed by atoms with Gasteiger partial charge in [0.1, 0.15) is 0 Å². The molecule has 0 fully saturated rings. The van der Waals surface area contributed by atoms with Gasteiger partial charge in [0.05, 0.1) is 5.69 Å². The van der Waals surface area contributed by atoms with Gasteiger partial charge in [0.2, 0.25) is 0 Å².